The number of esters is 1. The van der Waals surface area contributed by atoms with Crippen molar-refractivity contribution < 1.29 is 23.9 Å². The molecule has 1 aromatic carbocycles. The fourth-order valence-electron chi connectivity index (χ4n) is 1.91. The van der Waals surface area contributed by atoms with Crippen LogP contribution in [-0.4, -0.2) is 36.2 Å². The molecule has 1 rings (SSSR count). The summed E-state index contributed by atoms with van der Waals surface area (Å²) in [5.74, 6) is -0.543. The van der Waals surface area contributed by atoms with Gasteiger partial charge < -0.3 is 14.8 Å². The highest BCUT2D eigenvalue weighted by Gasteiger charge is 2.20. The maximum absolute atomic E-state index is 12.0. The van der Waals surface area contributed by atoms with Crippen molar-refractivity contribution in [3.63, 3.8) is 0 Å². The first kappa shape index (κ1) is 21.5. The van der Waals surface area contributed by atoms with Crippen LogP contribution in [0.2, 0.25) is 0 Å². The van der Waals surface area contributed by atoms with E-state index in [4.69, 9.17) is 9.47 Å². The Morgan fingerprint density at radius 2 is 1.73 bits per heavy atom. The van der Waals surface area contributed by atoms with Crippen molar-refractivity contribution >= 4 is 17.9 Å². The molecule has 1 aromatic rings. The van der Waals surface area contributed by atoms with E-state index in [2.05, 4.69) is 10.6 Å². The van der Waals surface area contributed by atoms with E-state index in [9.17, 15) is 14.4 Å². The highest BCUT2D eigenvalue weighted by molar-refractivity contribution is 5.96. The summed E-state index contributed by atoms with van der Waals surface area (Å²) < 4.78 is 10.6. The predicted molar refractivity (Wildman–Crippen MR) is 98.1 cm³/mol. The summed E-state index contributed by atoms with van der Waals surface area (Å²) in [7, 11) is 0. The molecular weight excluding hydrogens is 336 g/mol. The zero-order valence-electron chi connectivity index (χ0n) is 16.0. The van der Waals surface area contributed by atoms with Gasteiger partial charge >= 0.3 is 12.0 Å². The highest BCUT2D eigenvalue weighted by Crippen LogP contribution is 2.15. The minimum Gasteiger partial charge on any atom is -0.481 e. The number of unbranched alkanes of at least 4 members (excludes halogenated alkanes) is 1. The Morgan fingerprint density at radius 3 is 2.27 bits per heavy atom. The van der Waals surface area contributed by atoms with Gasteiger partial charge in [0.1, 0.15) is 5.75 Å². The van der Waals surface area contributed by atoms with Crippen LogP contribution in [0.5, 0.6) is 5.75 Å². The average Bonchev–Trinajstić information content (AvgIpc) is 2.53. The number of nitrogens with one attached hydrogen (secondary N) is 2. The third-order valence-electron chi connectivity index (χ3n) is 3.23. The summed E-state index contributed by atoms with van der Waals surface area (Å²) in [5.41, 5.74) is -0.0362. The Morgan fingerprint density at radius 1 is 1.12 bits per heavy atom. The molecule has 1 atom stereocenters. The van der Waals surface area contributed by atoms with Crippen molar-refractivity contribution in [1.29, 1.82) is 0 Å². The number of amides is 3. The van der Waals surface area contributed by atoms with Crippen LogP contribution in [0.3, 0.4) is 0 Å². The number of urea groups is 1. The lowest BCUT2D eigenvalue weighted by atomic mass is 10.1. The number of rotatable bonds is 7. The second-order valence-corrected chi connectivity index (χ2v) is 6.97. The van der Waals surface area contributed by atoms with E-state index in [1.54, 1.807) is 24.3 Å². The molecule has 0 aliphatic heterocycles. The molecule has 0 saturated carbocycles. The zero-order chi connectivity index (χ0) is 19.7. The third-order valence-corrected chi connectivity index (χ3v) is 3.23. The van der Waals surface area contributed by atoms with Crippen LogP contribution >= 0.6 is 0 Å². The van der Waals surface area contributed by atoms with Crippen molar-refractivity contribution in [2.24, 2.45) is 0 Å². The van der Waals surface area contributed by atoms with E-state index in [0.717, 1.165) is 12.8 Å². The normalized spacial score (nSPS) is 12.0. The monoisotopic (exact) mass is 364 g/mol. The largest absolute Gasteiger partial charge is 0.481 e. The van der Waals surface area contributed by atoms with Gasteiger partial charge in [0.15, 0.2) is 6.10 Å². The Hall–Kier alpha value is -2.57. The van der Waals surface area contributed by atoms with Crippen LogP contribution in [0.4, 0.5) is 4.79 Å². The summed E-state index contributed by atoms with van der Waals surface area (Å²) in [6.45, 7) is 9.38. The van der Waals surface area contributed by atoms with Crippen LogP contribution in [0.25, 0.3) is 0 Å². The van der Waals surface area contributed by atoms with Crippen LogP contribution in [0.1, 0.15) is 57.8 Å². The van der Waals surface area contributed by atoms with E-state index >= 15 is 0 Å². The van der Waals surface area contributed by atoms with Gasteiger partial charge in [0, 0.05) is 5.54 Å². The Kier molecular flexibility index (Phi) is 8.09. The molecule has 0 aromatic heterocycles. The van der Waals surface area contributed by atoms with E-state index in [-0.39, 0.29) is 0 Å². The fourth-order valence-corrected chi connectivity index (χ4v) is 1.91. The molecule has 2 N–H and O–H groups in total. The summed E-state index contributed by atoms with van der Waals surface area (Å²) in [6, 6.07) is 5.72. The fraction of sp³-hybridized carbons (Fsp3) is 0.526. The number of benzene rings is 1. The maximum Gasteiger partial charge on any atom is 0.338 e. The maximum atomic E-state index is 12.0. The molecule has 0 saturated heterocycles. The van der Waals surface area contributed by atoms with Crippen LogP contribution in [0.15, 0.2) is 24.3 Å². The standard InChI is InChI=1S/C19H28N2O5/c1-6-7-12-25-17(23)14-8-10-15(11-9-14)26-13(2)16(22)20-18(24)21-19(3,4)5/h8-11,13H,6-7,12H2,1-5H3,(H2,20,21,22,24)/t13-/m0/s1. The minimum absolute atomic E-state index is 0.390. The van der Waals surface area contributed by atoms with Crippen molar-refractivity contribution in [2.75, 3.05) is 6.61 Å². The van der Waals surface area contributed by atoms with Crippen molar-refractivity contribution in [2.45, 2.75) is 59.1 Å². The van der Waals surface area contributed by atoms with Crippen molar-refractivity contribution in [3.8, 4) is 5.75 Å². The molecule has 7 heteroatoms. The minimum atomic E-state index is -0.872. The van der Waals surface area contributed by atoms with Gasteiger partial charge in [-0.2, -0.15) is 0 Å². The van der Waals surface area contributed by atoms with Crippen LogP contribution < -0.4 is 15.4 Å². The molecular formula is C19H28N2O5. The van der Waals surface area contributed by atoms with Gasteiger partial charge in [0.25, 0.3) is 5.91 Å². The molecule has 0 fully saturated rings. The molecule has 0 aliphatic carbocycles. The number of hydrogen-bond acceptors (Lipinski definition) is 5. The van der Waals surface area contributed by atoms with Crippen LogP contribution in [-0.2, 0) is 9.53 Å². The topological polar surface area (TPSA) is 93.7 Å². The lowest BCUT2D eigenvalue weighted by Crippen LogP contribution is -2.50. The number of hydrogen-bond donors (Lipinski definition) is 2. The number of imide groups is 1. The zero-order valence-corrected chi connectivity index (χ0v) is 16.0. The van der Waals surface area contributed by atoms with Gasteiger partial charge in [0.05, 0.1) is 12.2 Å². The quantitative estimate of drug-likeness (QED) is 0.573. The number of carbonyl (C=O) groups excluding carboxylic acids is 3. The molecule has 7 nitrogen and oxygen atoms in total. The molecule has 0 unspecified atom stereocenters. The van der Waals surface area contributed by atoms with Gasteiger partial charge in [0.2, 0.25) is 0 Å². The molecule has 144 valence electrons. The lowest BCUT2D eigenvalue weighted by molar-refractivity contribution is -0.126. The molecule has 0 radical (unpaired) electrons. The molecule has 3 amide bonds. The second kappa shape index (κ2) is 9.79. The van der Waals surface area contributed by atoms with Gasteiger partial charge in [-0.05, 0) is 58.4 Å². The highest BCUT2D eigenvalue weighted by atomic mass is 16.5. The number of ether oxygens (including phenoxy) is 2. The summed E-state index contributed by atoms with van der Waals surface area (Å²) >= 11 is 0. The van der Waals surface area contributed by atoms with Gasteiger partial charge in [-0.25, -0.2) is 9.59 Å². The molecule has 26 heavy (non-hydrogen) atoms. The van der Waals surface area contributed by atoms with E-state index in [0.29, 0.717) is 17.9 Å². The van der Waals surface area contributed by atoms with E-state index in [1.165, 1.54) is 6.92 Å². The molecule has 0 spiro atoms. The summed E-state index contributed by atoms with van der Waals surface area (Å²) in [5, 5.41) is 4.86. The summed E-state index contributed by atoms with van der Waals surface area (Å²) in [6.07, 6.45) is 0.902. The van der Waals surface area contributed by atoms with Crippen molar-refractivity contribution in [3.05, 3.63) is 29.8 Å². The smallest absolute Gasteiger partial charge is 0.338 e. The molecule has 0 heterocycles. The van der Waals surface area contributed by atoms with E-state index < -0.39 is 29.6 Å². The average molecular weight is 364 g/mol. The Labute approximate surface area is 154 Å². The second-order valence-electron chi connectivity index (χ2n) is 6.97. The third kappa shape index (κ3) is 8.00. The summed E-state index contributed by atoms with van der Waals surface area (Å²) in [4.78, 5) is 35.5. The first-order chi connectivity index (χ1) is 12.1. The van der Waals surface area contributed by atoms with Crippen LogP contribution in [0, 0.1) is 0 Å². The van der Waals surface area contributed by atoms with Gasteiger partial charge in [-0.3, -0.25) is 10.1 Å². The van der Waals surface area contributed by atoms with Crippen molar-refractivity contribution in [1.82, 2.24) is 10.6 Å². The molecule has 0 bridgehead atoms. The van der Waals surface area contributed by atoms with Gasteiger partial charge in [-0.1, -0.05) is 13.3 Å². The number of carbonyl (C=O) groups is 3. The first-order valence-corrected chi connectivity index (χ1v) is 8.69. The Balaban J connectivity index is 2.53. The lowest BCUT2D eigenvalue weighted by Gasteiger charge is -2.21. The van der Waals surface area contributed by atoms with E-state index in [1.807, 2.05) is 27.7 Å². The molecule has 0 aliphatic rings. The Bertz CT molecular complexity index is 620. The SMILES string of the molecule is CCCCOC(=O)c1ccc(O[C@@H](C)C(=O)NC(=O)NC(C)(C)C)cc1. The first-order valence-electron chi connectivity index (χ1n) is 8.69. The predicted octanol–water partition coefficient (Wildman–Crippen LogP) is 3.04. The van der Waals surface area contributed by atoms with Gasteiger partial charge in [-0.15, -0.1) is 0 Å².